The topological polar surface area (TPSA) is 110 Å². The fourth-order valence-corrected chi connectivity index (χ4v) is 2.04. The van der Waals surface area contributed by atoms with Crippen LogP contribution in [0.2, 0.25) is 0 Å². The van der Waals surface area contributed by atoms with Crippen molar-refractivity contribution in [1.82, 2.24) is 5.32 Å². The number of hydrogen-bond donors (Lipinski definition) is 2. The maximum atomic E-state index is 12.0. The number of nitro benzene ring substituents is 1. The third-order valence-electron chi connectivity index (χ3n) is 2.93. The first kappa shape index (κ1) is 17.0. The first-order chi connectivity index (χ1) is 9.86. The van der Waals surface area contributed by atoms with Gasteiger partial charge in [0, 0.05) is 17.5 Å². The monoisotopic (exact) mass is 312 g/mol. The Labute approximate surface area is 125 Å². The van der Waals surface area contributed by atoms with Crippen LogP contribution in [0, 0.1) is 16.0 Å². The van der Waals surface area contributed by atoms with Crippen molar-refractivity contribution in [2.24, 2.45) is 5.92 Å². The molecule has 0 radical (unpaired) electrons. The molecule has 0 saturated carbocycles. The van der Waals surface area contributed by atoms with E-state index in [1.807, 2.05) is 0 Å². The average molecular weight is 312 g/mol. The third kappa shape index (κ3) is 4.75. The minimum atomic E-state index is -0.945. The molecule has 8 heteroatoms. The van der Waals surface area contributed by atoms with E-state index in [2.05, 4.69) is 5.32 Å². The number of carboxylic acid groups (broad SMARTS) is 1. The van der Waals surface area contributed by atoms with Crippen molar-refractivity contribution < 1.29 is 19.6 Å². The molecule has 0 aliphatic rings. The van der Waals surface area contributed by atoms with Crippen molar-refractivity contribution in [3.8, 4) is 0 Å². The van der Waals surface area contributed by atoms with Gasteiger partial charge in [0.05, 0.1) is 10.8 Å². The second kappa shape index (κ2) is 7.63. The maximum Gasteiger partial charge on any atom is 0.306 e. The van der Waals surface area contributed by atoms with Gasteiger partial charge >= 0.3 is 5.97 Å². The molecule has 0 spiro atoms. The summed E-state index contributed by atoms with van der Waals surface area (Å²) in [6.07, 6.45) is 2.06. The predicted octanol–water partition coefficient (Wildman–Crippen LogP) is 2.16. The molecule has 21 heavy (non-hydrogen) atoms. The zero-order valence-corrected chi connectivity index (χ0v) is 12.5. The van der Waals surface area contributed by atoms with Gasteiger partial charge in [-0.25, -0.2) is 0 Å². The molecule has 0 saturated heterocycles. The maximum absolute atomic E-state index is 12.0. The molecule has 2 N–H and O–H groups in total. The van der Waals surface area contributed by atoms with E-state index in [0.717, 1.165) is 4.90 Å². The first-order valence-corrected chi connectivity index (χ1v) is 7.42. The van der Waals surface area contributed by atoms with Gasteiger partial charge in [-0.3, -0.25) is 19.7 Å². The molecule has 114 valence electrons. The molecule has 1 amide bonds. The summed E-state index contributed by atoms with van der Waals surface area (Å²) in [6, 6.07) is 4.32. The SMILES string of the molecule is CSc1ccc([N+](=O)[O-])c(C(=O)NCCC(C)C(=O)O)c1. The van der Waals surface area contributed by atoms with Gasteiger partial charge in [0.15, 0.2) is 0 Å². The molecule has 1 atom stereocenters. The molecule has 0 aliphatic carbocycles. The van der Waals surface area contributed by atoms with Crippen LogP contribution in [0.15, 0.2) is 23.1 Å². The summed E-state index contributed by atoms with van der Waals surface area (Å²) >= 11 is 1.37. The predicted molar refractivity (Wildman–Crippen MR) is 78.6 cm³/mol. The summed E-state index contributed by atoms with van der Waals surface area (Å²) in [5.41, 5.74) is -0.286. The van der Waals surface area contributed by atoms with Gasteiger partial charge in [0.25, 0.3) is 11.6 Å². The molecule has 0 bridgehead atoms. The van der Waals surface area contributed by atoms with Gasteiger partial charge in [0.1, 0.15) is 5.56 Å². The van der Waals surface area contributed by atoms with Crippen LogP contribution >= 0.6 is 11.8 Å². The van der Waals surface area contributed by atoms with Crippen LogP contribution < -0.4 is 5.32 Å². The lowest BCUT2D eigenvalue weighted by atomic mass is 10.1. The van der Waals surface area contributed by atoms with E-state index in [1.165, 1.54) is 30.8 Å². The molecule has 0 aliphatic heterocycles. The Hall–Kier alpha value is -2.09. The van der Waals surface area contributed by atoms with Gasteiger partial charge in [0.2, 0.25) is 0 Å². The number of carbonyl (C=O) groups is 2. The van der Waals surface area contributed by atoms with Crippen LogP contribution in [0.25, 0.3) is 0 Å². The summed E-state index contributed by atoms with van der Waals surface area (Å²) in [5.74, 6) is -2.10. The molecule has 0 heterocycles. The fraction of sp³-hybridized carbons (Fsp3) is 0.385. The lowest BCUT2D eigenvalue weighted by Crippen LogP contribution is -2.27. The van der Waals surface area contributed by atoms with E-state index < -0.39 is 22.7 Å². The molecular weight excluding hydrogens is 296 g/mol. The largest absolute Gasteiger partial charge is 0.481 e. The van der Waals surface area contributed by atoms with Gasteiger partial charge in [-0.05, 0) is 24.8 Å². The van der Waals surface area contributed by atoms with E-state index in [-0.39, 0.29) is 24.2 Å². The number of carboxylic acids is 1. The molecule has 1 rings (SSSR count). The summed E-state index contributed by atoms with van der Waals surface area (Å²) < 4.78 is 0. The zero-order valence-electron chi connectivity index (χ0n) is 11.7. The summed E-state index contributed by atoms with van der Waals surface area (Å²) in [5, 5.41) is 22.2. The Kier molecular flexibility index (Phi) is 6.16. The standard InChI is InChI=1S/C13H16N2O5S/c1-8(13(17)18)5-6-14-12(16)10-7-9(21-2)3-4-11(10)15(19)20/h3-4,7-8H,5-6H2,1-2H3,(H,14,16)(H,17,18). The van der Waals surface area contributed by atoms with E-state index in [9.17, 15) is 19.7 Å². The molecule has 1 aromatic carbocycles. The number of hydrogen-bond acceptors (Lipinski definition) is 5. The van der Waals surface area contributed by atoms with Crippen LogP contribution in [0.4, 0.5) is 5.69 Å². The lowest BCUT2D eigenvalue weighted by Gasteiger charge is -2.09. The second-order valence-corrected chi connectivity index (χ2v) is 5.30. The van der Waals surface area contributed by atoms with Crippen molar-refractivity contribution in [3.63, 3.8) is 0 Å². The van der Waals surface area contributed by atoms with Gasteiger partial charge < -0.3 is 10.4 Å². The van der Waals surface area contributed by atoms with Crippen LogP contribution in [0.5, 0.6) is 0 Å². The molecule has 1 aromatic rings. The number of amides is 1. The van der Waals surface area contributed by atoms with E-state index >= 15 is 0 Å². The number of carbonyl (C=O) groups excluding carboxylic acids is 1. The number of nitrogens with zero attached hydrogens (tertiary/aromatic N) is 1. The Morgan fingerprint density at radius 2 is 2.14 bits per heavy atom. The lowest BCUT2D eigenvalue weighted by molar-refractivity contribution is -0.385. The van der Waals surface area contributed by atoms with Crippen LogP contribution in [-0.4, -0.2) is 34.7 Å². The number of nitro groups is 1. The van der Waals surface area contributed by atoms with Crippen LogP contribution in [-0.2, 0) is 4.79 Å². The Bertz CT molecular complexity index is 561. The van der Waals surface area contributed by atoms with Crippen LogP contribution in [0.3, 0.4) is 0 Å². The quantitative estimate of drug-likeness (QED) is 0.453. The van der Waals surface area contributed by atoms with Gasteiger partial charge in [-0.15, -0.1) is 11.8 Å². The normalized spacial score (nSPS) is 11.7. The zero-order chi connectivity index (χ0) is 16.0. The highest BCUT2D eigenvalue weighted by Crippen LogP contribution is 2.24. The molecule has 0 aromatic heterocycles. The van der Waals surface area contributed by atoms with Crippen molar-refractivity contribution in [3.05, 3.63) is 33.9 Å². The highest BCUT2D eigenvalue weighted by molar-refractivity contribution is 7.98. The average Bonchev–Trinajstić information content (AvgIpc) is 2.45. The third-order valence-corrected chi connectivity index (χ3v) is 3.65. The fourth-order valence-electron chi connectivity index (χ4n) is 1.60. The van der Waals surface area contributed by atoms with Crippen molar-refractivity contribution in [2.45, 2.75) is 18.2 Å². The number of thioether (sulfide) groups is 1. The number of rotatable bonds is 7. The summed E-state index contributed by atoms with van der Waals surface area (Å²) in [6.45, 7) is 1.68. The van der Waals surface area contributed by atoms with Crippen molar-refractivity contribution in [2.75, 3.05) is 12.8 Å². The number of benzene rings is 1. The second-order valence-electron chi connectivity index (χ2n) is 4.42. The Morgan fingerprint density at radius 1 is 1.48 bits per heavy atom. The smallest absolute Gasteiger partial charge is 0.306 e. The minimum Gasteiger partial charge on any atom is -0.481 e. The molecule has 0 fully saturated rings. The van der Waals surface area contributed by atoms with Gasteiger partial charge in [-0.1, -0.05) is 6.92 Å². The molecule has 1 unspecified atom stereocenters. The Balaban J connectivity index is 2.81. The van der Waals surface area contributed by atoms with Gasteiger partial charge in [-0.2, -0.15) is 0 Å². The van der Waals surface area contributed by atoms with Crippen molar-refractivity contribution in [1.29, 1.82) is 0 Å². The molecule has 7 nitrogen and oxygen atoms in total. The number of aliphatic carboxylic acids is 1. The summed E-state index contributed by atoms with van der Waals surface area (Å²) in [7, 11) is 0. The Morgan fingerprint density at radius 3 is 2.67 bits per heavy atom. The first-order valence-electron chi connectivity index (χ1n) is 6.20. The molecular formula is C13H16N2O5S. The van der Waals surface area contributed by atoms with Crippen LogP contribution in [0.1, 0.15) is 23.7 Å². The van der Waals surface area contributed by atoms with Crippen molar-refractivity contribution >= 4 is 29.3 Å². The summed E-state index contributed by atoms with van der Waals surface area (Å²) in [4.78, 5) is 33.8. The highest BCUT2D eigenvalue weighted by atomic mass is 32.2. The van der Waals surface area contributed by atoms with E-state index in [0.29, 0.717) is 0 Å². The minimum absolute atomic E-state index is 0.0187. The number of nitrogens with one attached hydrogen (secondary N) is 1. The van der Waals surface area contributed by atoms with E-state index in [1.54, 1.807) is 12.3 Å². The van der Waals surface area contributed by atoms with E-state index in [4.69, 9.17) is 5.11 Å². The highest BCUT2D eigenvalue weighted by Gasteiger charge is 2.20.